The second-order valence-electron chi connectivity index (χ2n) is 6.65. The Morgan fingerprint density at radius 3 is 2.59 bits per heavy atom. The fourth-order valence-electron chi connectivity index (χ4n) is 3.06. The summed E-state index contributed by atoms with van der Waals surface area (Å²) in [5, 5.41) is 2.87. The van der Waals surface area contributed by atoms with Gasteiger partial charge in [-0.25, -0.2) is 0 Å². The number of ether oxygens (including phenoxy) is 1. The molecule has 7 heteroatoms. The van der Waals surface area contributed by atoms with E-state index >= 15 is 0 Å². The average molecular weight is 375 g/mol. The number of rotatable bonds is 9. The van der Waals surface area contributed by atoms with Crippen LogP contribution in [0.15, 0.2) is 18.2 Å². The van der Waals surface area contributed by atoms with Crippen LogP contribution in [0.3, 0.4) is 0 Å². The maximum Gasteiger partial charge on any atom is 0.268 e. The molecule has 1 aromatic carbocycles. The third-order valence-electron chi connectivity index (χ3n) is 4.74. The summed E-state index contributed by atoms with van der Waals surface area (Å²) in [6, 6.07) is 4.94. The molecule has 0 radical (unpaired) electrons. The number of carbonyl (C=O) groups excluding carboxylic acids is 3. The van der Waals surface area contributed by atoms with E-state index in [1.54, 1.807) is 25.1 Å². The molecule has 1 aromatic rings. The van der Waals surface area contributed by atoms with Crippen molar-refractivity contribution in [2.24, 2.45) is 0 Å². The van der Waals surface area contributed by atoms with E-state index in [0.717, 1.165) is 26.1 Å². The summed E-state index contributed by atoms with van der Waals surface area (Å²) in [4.78, 5) is 40.2. The molecular formula is C20H29N3O4. The van der Waals surface area contributed by atoms with Crippen molar-refractivity contribution in [2.75, 3.05) is 37.6 Å². The van der Waals surface area contributed by atoms with E-state index in [9.17, 15) is 14.4 Å². The quantitative estimate of drug-likeness (QED) is 0.526. The number of nitrogens with zero attached hydrogens (tertiary/aromatic N) is 2. The number of benzene rings is 1. The second kappa shape index (κ2) is 9.50. The highest BCUT2D eigenvalue weighted by molar-refractivity contribution is 6.05. The first kappa shape index (κ1) is 20.9. The van der Waals surface area contributed by atoms with Crippen molar-refractivity contribution in [1.29, 1.82) is 0 Å². The molecule has 27 heavy (non-hydrogen) atoms. The van der Waals surface area contributed by atoms with Gasteiger partial charge in [-0.1, -0.05) is 13.8 Å². The zero-order valence-corrected chi connectivity index (χ0v) is 16.6. The van der Waals surface area contributed by atoms with Crippen LogP contribution in [-0.2, 0) is 9.59 Å². The Morgan fingerprint density at radius 1 is 1.26 bits per heavy atom. The minimum absolute atomic E-state index is 0.0911. The summed E-state index contributed by atoms with van der Waals surface area (Å²) in [5.74, 6) is -0.122. The number of amides is 2. The average Bonchev–Trinajstić information content (AvgIpc) is 2.65. The molecular weight excluding hydrogens is 346 g/mol. The second-order valence-corrected chi connectivity index (χ2v) is 6.65. The minimum Gasteiger partial charge on any atom is -0.479 e. The summed E-state index contributed by atoms with van der Waals surface area (Å²) in [5.41, 5.74) is 0.938. The van der Waals surface area contributed by atoms with Crippen molar-refractivity contribution >= 4 is 23.3 Å². The highest BCUT2D eigenvalue weighted by Gasteiger charge is 2.33. The maximum atomic E-state index is 12.5. The van der Waals surface area contributed by atoms with E-state index in [-0.39, 0.29) is 24.1 Å². The summed E-state index contributed by atoms with van der Waals surface area (Å²) in [7, 11) is 0. The molecule has 7 nitrogen and oxygen atoms in total. The summed E-state index contributed by atoms with van der Waals surface area (Å²) in [6.45, 7) is 10.7. The van der Waals surface area contributed by atoms with Gasteiger partial charge >= 0.3 is 0 Å². The van der Waals surface area contributed by atoms with Crippen LogP contribution in [0.1, 0.15) is 44.5 Å². The summed E-state index contributed by atoms with van der Waals surface area (Å²) >= 11 is 0. The predicted octanol–water partition coefficient (Wildman–Crippen LogP) is 1.85. The Morgan fingerprint density at radius 2 is 1.96 bits per heavy atom. The fraction of sp³-hybridized carbons (Fsp3) is 0.550. The van der Waals surface area contributed by atoms with Gasteiger partial charge in [0, 0.05) is 12.1 Å². The molecule has 1 atom stereocenters. The van der Waals surface area contributed by atoms with Crippen LogP contribution in [0, 0.1) is 0 Å². The van der Waals surface area contributed by atoms with E-state index in [0.29, 0.717) is 23.5 Å². The molecule has 0 aromatic heterocycles. The lowest BCUT2D eigenvalue weighted by Crippen LogP contribution is -2.49. The van der Waals surface area contributed by atoms with Gasteiger partial charge < -0.3 is 15.0 Å². The zero-order chi connectivity index (χ0) is 20.0. The summed E-state index contributed by atoms with van der Waals surface area (Å²) in [6.07, 6.45) is 0.183. The largest absolute Gasteiger partial charge is 0.479 e. The number of hydrogen-bond acceptors (Lipinski definition) is 5. The Balaban J connectivity index is 2.02. The molecule has 2 amide bonds. The first-order valence-electron chi connectivity index (χ1n) is 9.49. The van der Waals surface area contributed by atoms with Gasteiger partial charge in [-0.3, -0.25) is 19.3 Å². The van der Waals surface area contributed by atoms with Gasteiger partial charge in [-0.05, 0) is 58.1 Å². The number of ketones is 1. The first-order chi connectivity index (χ1) is 12.9. The van der Waals surface area contributed by atoms with Crippen molar-refractivity contribution in [3.05, 3.63) is 23.8 Å². The topological polar surface area (TPSA) is 79.0 Å². The molecule has 0 saturated carbocycles. The highest BCUT2D eigenvalue weighted by atomic mass is 16.5. The van der Waals surface area contributed by atoms with E-state index < -0.39 is 6.10 Å². The van der Waals surface area contributed by atoms with E-state index in [2.05, 4.69) is 24.1 Å². The number of nitrogens with one attached hydrogen (secondary N) is 1. The Kier molecular flexibility index (Phi) is 7.36. The molecule has 1 N–H and O–H groups in total. The van der Waals surface area contributed by atoms with Crippen molar-refractivity contribution in [1.82, 2.24) is 10.2 Å². The lowest BCUT2D eigenvalue weighted by molar-refractivity contribution is -0.128. The maximum absolute atomic E-state index is 12.5. The van der Waals surface area contributed by atoms with Crippen molar-refractivity contribution < 1.29 is 19.1 Å². The molecule has 2 rings (SSSR count). The lowest BCUT2D eigenvalue weighted by Gasteiger charge is -2.32. The van der Waals surface area contributed by atoms with Gasteiger partial charge in [0.05, 0.1) is 5.69 Å². The molecule has 1 unspecified atom stereocenters. The number of anilines is 1. The smallest absolute Gasteiger partial charge is 0.268 e. The number of carbonyl (C=O) groups is 3. The molecule has 0 fully saturated rings. The molecule has 0 spiro atoms. The van der Waals surface area contributed by atoms with Crippen LogP contribution < -0.4 is 15.0 Å². The Bertz CT molecular complexity index is 700. The Hall–Kier alpha value is -2.41. The molecule has 0 aliphatic carbocycles. The van der Waals surface area contributed by atoms with Gasteiger partial charge in [0.1, 0.15) is 12.3 Å². The van der Waals surface area contributed by atoms with Gasteiger partial charge in [0.15, 0.2) is 11.9 Å². The van der Waals surface area contributed by atoms with Crippen LogP contribution in [-0.4, -0.2) is 61.3 Å². The molecule has 0 bridgehead atoms. The third-order valence-corrected chi connectivity index (χ3v) is 4.74. The number of fused-ring (bicyclic) bond motifs is 1. The molecule has 1 heterocycles. The SMILES string of the molecule is CCN(CC)CCCNC(=O)CN1C(=O)C(C)Oc2ccc(C(C)=O)cc21. The highest BCUT2D eigenvalue weighted by Crippen LogP contribution is 2.34. The predicted molar refractivity (Wildman–Crippen MR) is 104 cm³/mol. The number of hydrogen-bond donors (Lipinski definition) is 1. The van der Waals surface area contributed by atoms with Gasteiger partial charge in [-0.15, -0.1) is 0 Å². The van der Waals surface area contributed by atoms with Crippen LogP contribution in [0.4, 0.5) is 5.69 Å². The van der Waals surface area contributed by atoms with Crippen molar-refractivity contribution in [3.63, 3.8) is 0 Å². The minimum atomic E-state index is -0.670. The van der Waals surface area contributed by atoms with Crippen LogP contribution in [0.25, 0.3) is 0 Å². The molecule has 1 aliphatic rings. The monoisotopic (exact) mass is 375 g/mol. The first-order valence-corrected chi connectivity index (χ1v) is 9.49. The Labute approximate surface area is 160 Å². The third kappa shape index (κ3) is 5.29. The lowest BCUT2D eigenvalue weighted by atomic mass is 10.1. The fourth-order valence-corrected chi connectivity index (χ4v) is 3.06. The van der Waals surface area contributed by atoms with E-state index in [1.165, 1.54) is 11.8 Å². The normalized spacial score (nSPS) is 16.1. The molecule has 1 aliphatic heterocycles. The van der Waals surface area contributed by atoms with Crippen molar-refractivity contribution in [3.8, 4) is 5.75 Å². The van der Waals surface area contributed by atoms with Crippen LogP contribution in [0.5, 0.6) is 5.75 Å². The standard InChI is InChI=1S/C20H29N3O4/c1-5-22(6-2)11-7-10-21-19(25)13-23-17-12-16(14(3)24)8-9-18(17)27-15(4)20(23)26/h8-9,12,15H,5-7,10-11,13H2,1-4H3,(H,21,25). The van der Waals surface area contributed by atoms with Gasteiger partial charge in [0.25, 0.3) is 5.91 Å². The van der Waals surface area contributed by atoms with Crippen LogP contribution in [0.2, 0.25) is 0 Å². The van der Waals surface area contributed by atoms with E-state index in [4.69, 9.17) is 4.74 Å². The zero-order valence-electron chi connectivity index (χ0n) is 16.6. The van der Waals surface area contributed by atoms with Gasteiger partial charge in [0.2, 0.25) is 5.91 Å². The summed E-state index contributed by atoms with van der Waals surface area (Å²) < 4.78 is 5.60. The van der Waals surface area contributed by atoms with Gasteiger partial charge in [-0.2, -0.15) is 0 Å². The molecule has 148 valence electrons. The molecule has 0 saturated heterocycles. The number of Topliss-reactive ketones (excluding diaryl/α,β-unsaturated/α-hetero) is 1. The van der Waals surface area contributed by atoms with Crippen LogP contribution >= 0.6 is 0 Å². The van der Waals surface area contributed by atoms with E-state index in [1.807, 2.05) is 0 Å². The van der Waals surface area contributed by atoms with Crippen molar-refractivity contribution in [2.45, 2.75) is 40.2 Å².